The van der Waals surface area contributed by atoms with E-state index in [1.165, 1.54) is 11.1 Å². The third-order valence-corrected chi connectivity index (χ3v) is 3.11. The van der Waals surface area contributed by atoms with Crippen LogP contribution in [0.1, 0.15) is 31.4 Å². The van der Waals surface area contributed by atoms with Gasteiger partial charge in [-0.05, 0) is 30.0 Å². The Morgan fingerprint density at radius 3 is 2.81 bits per heavy atom. The number of aliphatic imine (C=N–C) groups is 2. The van der Waals surface area contributed by atoms with Crippen molar-refractivity contribution in [1.82, 2.24) is 0 Å². The summed E-state index contributed by atoms with van der Waals surface area (Å²) in [6.45, 7) is 4.30. The first-order chi connectivity index (χ1) is 7.78. The van der Waals surface area contributed by atoms with E-state index in [0.717, 1.165) is 36.4 Å². The van der Waals surface area contributed by atoms with Crippen molar-refractivity contribution in [2.45, 2.75) is 33.1 Å². The summed E-state index contributed by atoms with van der Waals surface area (Å²) < 4.78 is 0. The Morgan fingerprint density at radius 2 is 2.19 bits per heavy atom. The molecule has 84 valence electrons. The molecule has 0 saturated carbocycles. The van der Waals surface area contributed by atoms with Crippen LogP contribution in [0.25, 0.3) is 0 Å². The van der Waals surface area contributed by atoms with Crippen LogP contribution in [-0.2, 0) is 12.8 Å². The third-order valence-electron chi connectivity index (χ3n) is 3.11. The Bertz CT molecular complexity index is 456. The van der Waals surface area contributed by atoms with E-state index in [4.69, 9.17) is 0 Å². The molecule has 0 spiro atoms. The lowest BCUT2D eigenvalue weighted by Crippen LogP contribution is -2.12. The number of rotatable bonds is 3. The molecular formula is C14H18N2. The lowest BCUT2D eigenvalue weighted by atomic mass is 10.0. The van der Waals surface area contributed by atoms with E-state index in [1.807, 2.05) is 7.05 Å². The van der Waals surface area contributed by atoms with Gasteiger partial charge >= 0.3 is 0 Å². The molecule has 1 aromatic carbocycles. The third kappa shape index (κ3) is 1.92. The van der Waals surface area contributed by atoms with Crippen molar-refractivity contribution in [2.75, 3.05) is 7.05 Å². The van der Waals surface area contributed by atoms with Gasteiger partial charge in [0, 0.05) is 13.5 Å². The number of aryl methyl sites for hydroxylation is 1. The van der Waals surface area contributed by atoms with Crippen molar-refractivity contribution in [1.29, 1.82) is 0 Å². The quantitative estimate of drug-likeness (QED) is 0.689. The van der Waals surface area contributed by atoms with Crippen molar-refractivity contribution in [3.63, 3.8) is 0 Å². The summed E-state index contributed by atoms with van der Waals surface area (Å²) in [6, 6.07) is 6.60. The first kappa shape index (κ1) is 11.1. The summed E-state index contributed by atoms with van der Waals surface area (Å²) in [7, 11) is 1.85. The molecule has 2 heteroatoms. The fourth-order valence-corrected chi connectivity index (χ4v) is 2.11. The molecule has 0 N–H and O–H groups in total. The normalized spacial score (nSPS) is 14.9. The number of nitrogens with zero attached hydrogens (tertiary/aromatic N) is 2. The highest BCUT2D eigenvalue weighted by molar-refractivity contribution is 6.44. The number of fused-ring (bicyclic) bond motifs is 1. The topological polar surface area (TPSA) is 24.7 Å². The van der Waals surface area contributed by atoms with Gasteiger partial charge in [0.25, 0.3) is 0 Å². The summed E-state index contributed by atoms with van der Waals surface area (Å²) in [5.41, 5.74) is 6.11. The van der Waals surface area contributed by atoms with Gasteiger partial charge in [0.2, 0.25) is 0 Å². The van der Waals surface area contributed by atoms with Crippen LogP contribution in [0, 0.1) is 0 Å². The van der Waals surface area contributed by atoms with Crippen LogP contribution >= 0.6 is 0 Å². The lowest BCUT2D eigenvalue weighted by Gasteiger charge is -2.00. The lowest BCUT2D eigenvalue weighted by molar-refractivity contribution is 1.13. The van der Waals surface area contributed by atoms with Crippen LogP contribution in [0.15, 0.2) is 28.2 Å². The molecular weight excluding hydrogens is 196 g/mol. The molecule has 1 aliphatic heterocycles. The Hall–Kier alpha value is -1.44. The Kier molecular flexibility index (Phi) is 3.18. The van der Waals surface area contributed by atoms with Crippen molar-refractivity contribution in [2.24, 2.45) is 9.98 Å². The van der Waals surface area contributed by atoms with Gasteiger partial charge in [-0.3, -0.25) is 9.98 Å². The summed E-state index contributed by atoms with van der Waals surface area (Å²) in [6.07, 6.45) is 2.98. The summed E-state index contributed by atoms with van der Waals surface area (Å²) >= 11 is 0. The monoisotopic (exact) mass is 214 g/mol. The van der Waals surface area contributed by atoms with Crippen LogP contribution in [0.3, 0.4) is 0 Å². The maximum absolute atomic E-state index is 4.69. The van der Waals surface area contributed by atoms with Gasteiger partial charge in [0.05, 0.1) is 17.1 Å². The smallest absolute Gasteiger partial charge is 0.0672 e. The Balaban J connectivity index is 2.33. The molecule has 0 fully saturated rings. The zero-order valence-corrected chi connectivity index (χ0v) is 10.2. The standard InChI is InChI=1S/C14H18N2/c1-4-10-6-7-11-9-14(12(5-2)15-3)16-13(11)8-10/h6-8H,4-5,9H2,1-3H3/b15-12+. The summed E-state index contributed by atoms with van der Waals surface area (Å²) in [5.74, 6) is 0. The van der Waals surface area contributed by atoms with Gasteiger partial charge in [-0.2, -0.15) is 0 Å². The number of benzene rings is 1. The molecule has 2 rings (SSSR count). The molecule has 16 heavy (non-hydrogen) atoms. The molecule has 1 heterocycles. The van der Waals surface area contributed by atoms with Crippen molar-refractivity contribution < 1.29 is 0 Å². The molecule has 0 amide bonds. The minimum absolute atomic E-state index is 0.944. The first-order valence-electron chi connectivity index (χ1n) is 5.93. The molecule has 0 aromatic heterocycles. The van der Waals surface area contributed by atoms with Crippen molar-refractivity contribution >= 4 is 17.1 Å². The van der Waals surface area contributed by atoms with E-state index in [-0.39, 0.29) is 0 Å². The largest absolute Gasteiger partial charge is 0.291 e. The maximum Gasteiger partial charge on any atom is 0.0672 e. The van der Waals surface area contributed by atoms with Crippen LogP contribution in [0.2, 0.25) is 0 Å². The summed E-state index contributed by atoms with van der Waals surface area (Å²) in [4.78, 5) is 8.99. The molecule has 2 nitrogen and oxygen atoms in total. The van der Waals surface area contributed by atoms with E-state index in [1.54, 1.807) is 0 Å². The second-order valence-electron chi connectivity index (χ2n) is 4.08. The number of hydrogen-bond acceptors (Lipinski definition) is 2. The van der Waals surface area contributed by atoms with Crippen LogP contribution < -0.4 is 0 Å². The molecule has 0 bridgehead atoms. The molecule has 1 aliphatic rings. The second kappa shape index (κ2) is 4.60. The first-order valence-corrected chi connectivity index (χ1v) is 5.93. The predicted octanol–water partition coefficient (Wildman–Crippen LogP) is 3.36. The molecule has 1 aromatic rings. The van der Waals surface area contributed by atoms with Gasteiger partial charge in [0.1, 0.15) is 0 Å². The highest BCUT2D eigenvalue weighted by Gasteiger charge is 2.17. The Morgan fingerprint density at radius 1 is 1.38 bits per heavy atom. The Labute approximate surface area is 97.1 Å². The molecule has 0 aliphatic carbocycles. The van der Waals surface area contributed by atoms with Gasteiger partial charge in [-0.1, -0.05) is 26.0 Å². The van der Waals surface area contributed by atoms with E-state index in [0.29, 0.717) is 0 Å². The van der Waals surface area contributed by atoms with Gasteiger partial charge in [-0.25, -0.2) is 0 Å². The fraction of sp³-hybridized carbons (Fsp3) is 0.429. The molecule has 0 atom stereocenters. The zero-order valence-electron chi connectivity index (χ0n) is 10.2. The van der Waals surface area contributed by atoms with Crippen molar-refractivity contribution in [3.05, 3.63) is 29.3 Å². The van der Waals surface area contributed by atoms with Gasteiger partial charge in [-0.15, -0.1) is 0 Å². The maximum atomic E-state index is 4.69. The van der Waals surface area contributed by atoms with Gasteiger partial charge in [0.15, 0.2) is 0 Å². The van der Waals surface area contributed by atoms with Crippen LogP contribution in [-0.4, -0.2) is 18.5 Å². The minimum Gasteiger partial charge on any atom is -0.291 e. The van der Waals surface area contributed by atoms with Crippen LogP contribution in [0.4, 0.5) is 5.69 Å². The van der Waals surface area contributed by atoms with Crippen molar-refractivity contribution in [3.8, 4) is 0 Å². The number of hydrogen-bond donors (Lipinski definition) is 0. The second-order valence-corrected chi connectivity index (χ2v) is 4.08. The SMILES string of the molecule is CC/C(=N\C)C1=Nc2cc(CC)ccc2C1. The van der Waals surface area contributed by atoms with E-state index >= 15 is 0 Å². The van der Waals surface area contributed by atoms with E-state index in [2.05, 4.69) is 42.0 Å². The highest BCUT2D eigenvalue weighted by Crippen LogP contribution is 2.28. The van der Waals surface area contributed by atoms with Crippen LogP contribution in [0.5, 0.6) is 0 Å². The minimum atomic E-state index is 0.944. The summed E-state index contributed by atoms with van der Waals surface area (Å²) in [5, 5.41) is 0. The molecule has 0 saturated heterocycles. The van der Waals surface area contributed by atoms with Gasteiger partial charge < -0.3 is 0 Å². The molecule has 0 unspecified atom stereocenters. The fourth-order valence-electron chi connectivity index (χ4n) is 2.11. The van der Waals surface area contributed by atoms with E-state index in [9.17, 15) is 0 Å². The zero-order chi connectivity index (χ0) is 11.5. The average Bonchev–Trinajstić information content (AvgIpc) is 2.72. The molecule has 0 radical (unpaired) electrons. The highest BCUT2D eigenvalue weighted by atomic mass is 14.8. The van der Waals surface area contributed by atoms with E-state index < -0.39 is 0 Å². The average molecular weight is 214 g/mol. The predicted molar refractivity (Wildman–Crippen MR) is 70.3 cm³/mol.